The number of aliphatic hydroxyl groups is 2. The van der Waals surface area contributed by atoms with Gasteiger partial charge >= 0.3 is 6.18 Å². The number of carbonyl (C=O) groups excluding carboxylic acids is 1. The summed E-state index contributed by atoms with van der Waals surface area (Å²) >= 11 is 0. The molecule has 6 atom stereocenters. The van der Waals surface area contributed by atoms with Crippen molar-refractivity contribution < 1.29 is 28.2 Å². The van der Waals surface area contributed by atoms with Crippen molar-refractivity contribution in [1.29, 1.82) is 0 Å². The average molecular weight is 379 g/mol. The zero-order valence-electron chi connectivity index (χ0n) is 15.9. The molecule has 2 unspecified atom stereocenters. The minimum Gasteiger partial charge on any atom is -0.393 e. The smallest absolute Gasteiger partial charge is 0.393 e. The minimum atomic E-state index is -4.84. The molecule has 2 aliphatic carbocycles. The van der Waals surface area contributed by atoms with Crippen LogP contribution >= 0.6 is 0 Å². The number of hydrogen-bond acceptors (Lipinski definition) is 3. The molecule has 2 fully saturated rings. The lowest BCUT2D eigenvalue weighted by molar-refractivity contribution is -0.253. The summed E-state index contributed by atoms with van der Waals surface area (Å²) in [5.74, 6) is -0.105. The summed E-state index contributed by atoms with van der Waals surface area (Å²) in [6.45, 7) is 5.14. The summed E-state index contributed by atoms with van der Waals surface area (Å²) in [5, 5.41) is 22.4. The lowest BCUT2D eigenvalue weighted by Gasteiger charge is -2.54. The van der Waals surface area contributed by atoms with Gasteiger partial charge in [0.25, 0.3) is 0 Å². The van der Waals surface area contributed by atoms with E-state index in [1.807, 2.05) is 6.92 Å². The maximum Gasteiger partial charge on any atom is 0.417 e. The van der Waals surface area contributed by atoms with Gasteiger partial charge < -0.3 is 15.5 Å². The molecule has 0 aromatic heterocycles. The molecule has 3 N–H and O–H groups in total. The third-order valence-corrected chi connectivity index (χ3v) is 6.83. The van der Waals surface area contributed by atoms with Gasteiger partial charge in [-0.05, 0) is 55.8 Å². The number of amides is 1. The van der Waals surface area contributed by atoms with Crippen molar-refractivity contribution in [3.05, 3.63) is 0 Å². The van der Waals surface area contributed by atoms with Crippen LogP contribution in [-0.2, 0) is 4.79 Å². The Hall–Kier alpha value is -0.820. The Morgan fingerprint density at radius 1 is 1.27 bits per heavy atom. The van der Waals surface area contributed by atoms with Crippen LogP contribution < -0.4 is 5.32 Å². The molecule has 0 saturated heterocycles. The molecule has 0 bridgehead atoms. The van der Waals surface area contributed by atoms with Crippen LogP contribution in [0.1, 0.15) is 65.7 Å². The van der Waals surface area contributed by atoms with Crippen LogP contribution in [0.15, 0.2) is 0 Å². The molecule has 2 aliphatic rings. The Bertz CT molecular complexity index is 509. The van der Waals surface area contributed by atoms with E-state index >= 15 is 0 Å². The highest BCUT2D eigenvalue weighted by atomic mass is 19.4. The van der Waals surface area contributed by atoms with Crippen molar-refractivity contribution >= 4 is 5.91 Å². The molecule has 0 aliphatic heterocycles. The van der Waals surface area contributed by atoms with Crippen LogP contribution in [-0.4, -0.2) is 40.5 Å². The molecule has 26 heavy (non-hydrogen) atoms. The van der Waals surface area contributed by atoms with E-state index in [0.717, 1.165) is 38.5 Å². The van der Waals surface area contributed by atoms with Gasteiger partial charge in [-0.1, -0.05) is 26.7 Å². The van der Waals surface area contributed by atoms with Crippen molar-refractivity contribution in [2.75, 3.05) is 6.54 Å². The standard InChI is InChI=1S/C19H32F3NO3/c1-12(11-23-16(25)10-18(3,26)19(20,21)22)13-6-4-7-14-15(24)8-5-9-17(13,14)2/h12-15,24,26H,4-11H2,1-3H3,(H,23,25)/t12?,13-,14+,15+,17-,18?/m1/s1. The number of halogens is 3. The predicted molar refractivity (Wildman–Crippen MR) is 92.3 cm³/mol. The van der Waals surface area contributed by atoms with Gasteiger partial charge in [0.2, 0.25) is 5.91 Å². The maximum atomic E-state index is 12.7. The Balaban J connectivity index is 1.95. The number of aliphatic hydroxyl groups excluding tert-OH is 1. The van der Waals surface area contributed by atoms with E-state index < -0.39 is 24.1 Å². The van der Waals surface area contributed by atoms with E-state index in [2.05, 4.69) is 12.2 Å². The highest BCUT2D eigenvalue weighted by Crippen LogP contribution is 2.55. The van der Waals surface area contributed by atoms with E-state index in [-0.39, 0.29) is 29.9 Å². The summed E-state index contributed by atoms with van der Waals surface area (Å²) in [5.41, 5.74) is -3.01. The van der Waals surface area contributed by atoms with E-state index in [0.29, 0.717) is 12.8 Å². The fraction of sp³-hybridized carbons (Fsp3) is 0.947. The van der Waals surface area contributed by atoms with Crippen LogP contribution in [0.25, 0.3) is 0 Å². The number of alkyl halides is 3. The van der Waals surface area contributed by atoms with E-state index in [4.69, 9.17) is 0 Å². The van der Waals surface area contributed by atoms with Crippen LogP contribution in [0.3, 0.4) is 0 Å². The lowest BCUT2D eigenvalue weighted by Crippen LogP contribution is -2.51. The van der Waals surface area contributed by atoms with Crippen LogP contribution in [0.2, 0.25) is 0 Å². The second-order valence-corrected chi connectivity index (χ2v) is 8.84. The van der Waals surface area contributed by atoms with Gasteiger partial charge in [0.15, 0.2) is 5.60 Å². The molecular weight excluding hydrogens is 347 g/mol. The maximum absolute atomic E-state index is 12.7. The first-order valence-corrected chi connectivity index (χ1v) is 9.62. The molecule has 1 amide bonds. The predicted octanol–water partition coefficient (Wildman–Crippen LogP) is 3.41. The molecule has 2 rings (SSSR count). The molecule has 0 spiro atoms. The number of hydrogen-bond donors (Lipinski definition) is 3. The zero-order chi connectivity index (χ0) is 19.8. The van der Waals surface area contributed by atoms with Gasteiger partial charge in [0, 0.05) is 6.54 Å². The van der Waals surface area contributed by atoms with Crippen molar-refractivity contribution in [2.24, 2.45) is 23.2 Å². The summed E-state index contributed by atoms with van der Waals surface area (Å²) in [7, 11) is 0. The molecular formula is C19H32F3NO3. The van der Waals surface area contributed by atoms with E-state index in [1.165, 1.54) is 0 Å². The van der Waals surface area contributed by atoms with Gasteiger partial charge in [0.1, 0.15) is 0 Å². The number of carbonyl (C=O) groups is 1. The quantitative estimate of drug-likeness (QED) is 0.686. The van der Waals surface area contributed by atoms with Gasteiger partial charge in [-0.2, -0.15) is 13.2 Å². The average Bonchev–Trinajstić information content (AvgIpc) is 2.50. The summed E-state index contributed by atoms with van der Waals surface area (Å²) < 4.78 is 38.1. The first-order chi connectivity index (χ1) is 11.9. The second kappa shape index (κ2) is 7.66. The molecule has 0 aromatic rings. The van der Waals surface area contributed by atoms with Crippen LogP contribution in [0.5, 0.6) is 0 Å². The minimum absolute atomic E-state index is 0.0114. The molecule has 7 heteroatoms. The fourth-order valence-electron chi connectivity index (χ4n) is 5.22. The van der Waals surface area contributed by atoms with E-state index in [1.54, 1.807) is 0 Å². The van der Waals surface area contributed by atoms with Crippen LogP contribution in [0, 0.1) is 23.2 Å². The van der Waals surface area contributed by atoms with Gasteiger partial charge in [-0.15, -0.1) is 0 Å². The van der Waals surface area contributed by atoms with Gasteiger partial charge in [-0.3, -0.25) is 4.79 Å². The Kier molecular flexibility index (Phi) is 6.33. The summed E-state index contributed by atoms with van der Waals surface area (Å²) in [4.78, 5) is 11.9. The van der Waals surface area contributed by atoms with Crippen molar-refractivity contribution in [2.45, 2.75) is 83.6 Å². The second-order valence-electron chi connectivity index (χ2n) is 8.84. The van der Waals surface area contributed by atoms with Crippen LogP contribution in [0.4, 0.5) is 13.2 Å². The SMILES string of the molecule is CC(CNC(=O)CC(C)(O)C(F)(F)F)[C@H]1CCC[C@H]2[C@@H](O)CCC[C@]12C. The molecule has 0 radical (unpaired) electrons. The van der Waals surface area contributed by atoms with Crippen molar-refractivity contribution in [3.63, 3.8) is 0 Å². The van der Waals surface area contributed by atoms with Gasteiger partial charge in [0.05, 0.1) is 12.5 Å². The monoisotopic (exact) mass is 379 g/mol. The third kappa shape index (κ3) is 4.35. The van der Waals surface area contributed by atoms with Crippen molar-refractivity contribution in [1.82, 2.24) is 5.32 Å². The number of fused-ring (bicyclic) bond motifs is 1. The Morgan fingerprint density at radius 3 is 2.54 bits per heavy atom. The third-order valence-electron chi connectivity index (χ3n) is 6.83. The van der Waals surface area contributed by atoms with E-state index in [9.17, 15) is 28.2 Å². The fourth-order valence-corrected chi connectivity index (χ4v) is 5.22. The van der Waals surface area contributed by atoms with Gasteiger partial charge in [-0.25, -0.2) is 0 Å². The highest BCUT2D eigenvalue weighted by molar-refractivity contribution is 5.77. The molecule has 0 heterocycles. The zero-order valence-corrected chi connectivity index (χ0v) is 15.9. The molecule has 4 nitrogen and oxygen atoms in total. The molecule has 2 saturated carbocycles. The first-order valence-electron chi connectivity index (χ1n) is 9.62. The van der Waals surface area contributed by atoms with Crippen molar-refractivity contribution in [3.8, 4) is 0 Å². The Labute approximate surface area is 153 Å². The summed E-state index contributed by atoms with van der Waals surface area (Å²) in [6.07, 6.45) is -0.185. The normalized spacial score (nSPS) is 35.9. The largest absolute Gasteiger partial charge is 0.417 e. The lowest BCUT2D eigenvalue weighted by atomic mass is 9.52. The highest BCUT2D eigenvalue weighted by Gasteiger charge is 2.52. The molecule has 152 valence electrons. The Morgan fingerprint density at radius 2 is 1.92 bits per heavy atom. The topological polar surface area (TPSA) is 69.6 Å². The molecule has 0 aromatic carbocycles. The first kappa shape index (κ1) is 21.5. The summed E-state index contributed by atoms with van der Waals surface area (Å²) in [6, 6.07) is 0. The number of rotatable bonds is 5. The number of nitrogens with one attached hydrogen (secondary N) is 1.